The number of nitrogens with zero attached hydrogens (tertiary/aromatic N) is 1. The third kappa shape index (κ3) is 7.74. The average Bonchev–Trinajstić information content (AvgIpc) is 2.28. The van der Waals surface area contributed by atoms with Crippen LogP contribution in [-0.2, 0) is 0 Å². The molecule has 0 aromatic heterocycles. The van der Waals surface area contributed by atoms with Crippen LogP contribution in [0.15, 0.2) is 40.6 Å². The van der Waals surface area contributed by atoms with Crippen molar-refractivity contribution >= 4 is 6.21 Å². The highest BCUT2D eigenvalue weighted by molar-refractivity contribution is 5.84. The van der Waals surface area contributed by atoms with Crippen molar-refractivity contribution in [1.29, 1.82) is 0 Å². The molecule has 0 bridgehead atoms. The van der Waals surface area contributed by atoms with Gasteiger partial charge in [-0.25, -0.2) is 0 Å². The maximum absolute atomic E-state index is 5.45. The molecule has 0 saturated carbocycles. The molecule has 86 valence electrons. The molecule has 0 aromatic carbocycles. The molecule has 0 rings (SSSR count). The van der Waals surface area contributed by atoms with Crippen LogP contribution in [0.5, 0.6) is 0 Å². The first kappa shape index (κ1) is 16.1. The van der Waals surface area contributed by atoms with Gasteiger partial charge in [0.05, 0.1) is 0 Å². The maximum Gasteiger partial charge on any atom is 0.0298 e. The van der Waals surface area contributed by atoms with Crippen LogP contribution in [0.4, 0.5) is 0 Å². The summed E-state index contributed by atoms with van der Waals surface area (Å²) < 4.78 is 0. The summed E-state index contributed by atoms with van der Waals surface area (Å²) in [5.74, 6) is 0. The first-order valence-electron chi connectivity index (χ1n) is 5.36. The van der Waals surface area contributed by atoms with Crippen LogP contribution in [0.25, 0.3) is 0 Å². The third-order valence-electron chi connectivity index (χ3n) is 1.78. The Hall–Kier alpha value is -1.31. The topological polar surface area (TPSA) is 38.4 Å². The molecular weight excluding hydrogens is 184 g/mol. The number of aliphatic imine (C=N–C) groups is 1. The summed E-state index contributed by atoms with van der Waals surface area (Å²) >= 11 is 0. The largest absolute Gasteiger partial charge is 0.404 e. The van der Waals surface area contributed by atoms with Crippen molar-refractivity contribution in [2.45, 2.75) is 34.1 Å². The van der Waals surface area contributed by atoms with Crippen LogP contribution in [0.1, 0.15) is 34.1 Å². The normalized spacial score (nSPS) is 12.3. The molecule has 0 aliphatic rings. The fourth-order valence-corrected chi connectivity index (χ4v) is 0.907. The van der Waals surface area contributed by atoms with Crippen molar-refractivity contribution in [3.8, 4) is 0 Å². The Labute approximate surface area is 94.3 Å². The Morgan fingerprint density at radius 3 is 2.27 bits per heavy atom. The monoisotopic (exact) mass is 208 g/mol. The van der Waals surface area contributed by atoms with Gasteiger partial charge in [0.1, 0.15) is 0 Å². The van der Waals surface area contributed by atoms with Crippen LogP contribution in [0.3, 0.4) is 0 Å². The van der Waals surface area contributed by atoms with Gasteiger partial charge in [0.15, 0.2) is 0 Å². The smallest absolute Gasteiger partial charge is 0.0298 e. The summed E-state index contributed by atoms with van der Waals surface area (Å²) in [7, 11) is 1.73. The SMILES string of the molecule is C=C(/C=C(C)/C(C=NC)=C/N)CC.CC. The molecule has 2 heteroatoms. The zero-order chi connectivity index (χ0) is 12.3. The first-order chi connectivity index (χ1) is 7.15. The summed E-state index contributed by atoms with van der Waals surface area (Å²) in [6.07, 6.45) is 6.29. The zero-order valence-corrected chi connectivity index (χ0v) is 10.7. The third-order valence-corrected chi connectivity index (χ3v) is 1.78. The fourth-order valence-electron chi connectivity index (χ4n) is 0.907. The predicted molar refractivity (Wildman–Crippen MR) is 71.2 cm³/mol. The molecule has 0 heterocycles. The Morgan fingerprint density at radius 2 is 1.93 bits per heavy atom. The van der Waals surface area contributed by atoms with Crippen molar-refractivity contribution in [3.63, 3.8) is 0 Å². The van der Waals surface area contributed by atoms with Gasteiger partial charge in [0.25, 0.3) is 0 Å². The average molecular weight is 208 g/mol. The number of hydrogen-bond acceptors (Lipinski definition) is 2. The quantitative estimate of drug-likeness (QED) is 0.557. The highest BCUT2D eigenvalue weighted by atomic mass is 14.6. The second kappa shape index (κ2) is 10.8. The van der Waals surface area contributed by atoms with E-state index in [9.17, 15) is 0 Å². The lowest BCUT2D eigenvalue weighted by Crippen LogP contribution is -1.93. The molecule has 0 spiro atoms. The van der Waals surface area contributed by atoms with E-state index in [1.54, 1.807) is 19.5 Å². The lowest BCUT2D eigenvalue weighted by Gasteiger charge is -2.01. The Morgan fingerprint density at radius 1 is 1.40 bits per heavy atom. The molecule has 0 fully saturated rings. The summed E-state index contributed by atoms with van der Waals surface area (Å²) in [5, 5.41) is 0. The van der Waals surface area contributed by atoms with Crippen molar-refractivity contribution in [1.82, 2.24) is 0 Å². The van der Waals surface area contributed by atoms with Gasteiger partial charge in [0, 0.05) is 25.0 Å². The van der Waals surface area contributed by atoms with Crippen molar-refractivity contribution in [3.05, 3.63) is 35.6 Å². The van der Waals surface area contributed by atoms with E-state index in [0.717, 1.165) is 23.1 Å². The molecule has 0 unspecified atom stereocenters. The maximum atomic E-state index is 5.45. The Balaban J connectivity index is 0. The molecule has 0 aliphatic heterocycles. The predicted octanol–water partition coefficient (Wildman–Crippen LogP) is 3.47. The molecular formula is C13H24N2. The second-order valence-corrected chi connectivity index (χ2v) is 2.85. The molecule has 0 aromatic rings. The molecule has 0 radical (unpaired) electrons. The van der Waals surface area contributed by atoms with E-state index in [1.165, 1.54) is 0 Å². The van der Waals surface area contributed by atoms with Gasteiger partial charge in [-0.05, 0) is 18.9 Å². The van der Waals surface area contributed by atoms with Crippen LogP contribution in [-0.4, -0.2) is 13.3 Å². The molecule has 2 N–H and O–H groups in total. The van der Waals surface area contributed by atoms with Gasteiger partial charge in [-0.15, -0.1) is 0 Å². The summed E-state index contributed by atoms with van der Waals surface area (Å²) in [5.41, 5.74) is 8.59. The number of rotatable bonds is 4. The van der Waals surface area contributed by atoms with Crippen molar-refractivity contribution < 1.29 is 0 Å². The standard InChI is InChI=1S/C11H18N2.C2H6/c1-5-9(2)6-10(3)11(7-12)8-13-4;1-2/h6-8H,2,5,12H2,1,3-4H3;1-2H3/b10-6+,11-7+,13-8?;. The minimum atomic E-state index is 0.942. The van der Waals surface area contributed by atoms with Crippen LogP contribution in [0, 0.1) is 0 Å². The molecule has 2 nitrogen and oxygen atoms in total. The number of hydrogen-bond donors (Lipinski definition) is 1. The van der Waals surface area contributed by atoms with Gasteiger partial charge in [-0.2, -0.15) is 0 Å². The van der Waals surface area contributed by atoms with E-state index >= 15 is 0 Å². The summed E-state index contributed by atoms with van der Waals surface area (Å²) in [6, 6.07) is 0. The molecule has 0 aliphatic carbocycles. The zero-order valence-electron chi connectivity index (χ0n) is 10.7. The van der Waals surface area contributed by atoms with Crippen LogP contribution in [0.2, 0.25) is 0 Å². The number of allylic oxidation sites excluding steroid dienone is 4. The van der Waals surface area contributed by atoms with Crippen molar-refractivity contribution in [2.24, 2.45) is 10.7 Å². The van der Waals surface area contributed by atoms with Gasteiger partial charge in [-0.1, -0.05) is 39.0 Å². The minimum Gasteiger partial charge on any atom is -0.404 e. The molecule has 0 atom stereocenters. The van der Waals surface area contributed by atoms with Gasteiger partial charge in [-0.3, -0.25) is 4.99 Å². The fraction of sp³-hybridized carbons (Fsp3) is 0.462. The Bertz CT molecular complexity index is 258. The van der Waals surface area contributed by atoms with Gasteiger partial charge in [0.2, 0.25) is 0 Å². The lowest BCUT2D eigenvalue weighted by atomic mass is 10.1. The minimum absolute atomic E-state index is 0.942. The number of nitrogens with two attached hydrogens (primary N) is 1. The summed E-state index contributed by atoms with van der Waals surface area (Å²) in [4.78, 5) is 3.92. The van der Waals surface area contributed by atoms with Gasteiger partial charge < -0.3 is 5.73 Å². The highest BCUT2D eigenvalue weighted by Crippen LogP contribution is 2.10. The van der Waals surface area contributed by atoms with E-state index < -0.39 is 0 Å². The van der Waals surface area contributed by atoms with Gasteiger partial charge >= 0.3 is 0 Å². The molecule has 0 amide bonds. The highest BCUT2D eigenvalue weighted by Gasteiger charge is 1.95. The second-order valence-electron chi connectivity index (χ2n) is 2.85. The molecule has 15 heavy (non-hydrogen) atoms. The first-order valence-corrected chi connectivity index (χ1v) is 5.36. The van der Waals surface area contributed by atoms with E-state index in [-0.39, 0.29) is 0 Å². The molecule has 0 saturated heterocycles. The van der Waals surface area contributed by atoms with E-state index in [1.807, 2.05) is 26.8 Å². The van der Waals surface area contributed by atoms with Crippen LogP contribution < -0.4 is 5.73 Å². The van der Waals surface area contributed by atoms with E-state index in [2.05, 4.69) is 18.5 Å². The lowest BCUT2D eigenvalue weighted by molar-refractivity contribution is 1.15. The Kier molecular flexibility index (Phi) is 11.6. The summed E-state index contributed by atoms with van der Waals surface area (Å²) in [6.45, 7) is 12.0. The van der Waals surface area contributed by atoms with E-state index in [0.29, 0.717) is 0 Å². The van der Waals surface area contributed by atoms with Crippen LogP contribution >= 0.6 is 0 Å². The van der Waals surface area contributed by atoms with E-state index in [4.69, 9.17) is 5.73 Å². The van der Waals surface area contributed by atoms with Crippen molar-refractivity contribution in [2.75, 3.05) is 7.05 Å².